The van der Waals surface area contributed by atoms with E-state index in [1.807, 2.05) is 50.2 Å². The third kappa shape index (κ3) is 4.94. The standard InChI is InChI=1S/C24H27N3O3S/c1-17-10-11-26(14-20-9-6-12-30-20)23(28)22(17)24(29)27(13-19-7-4-3-5-8-19)15-21-18(2)25-16-31-21/h3-5,7-8,10-11,16,20H,6,9,12-15H2,1-2H3. The number of ether oxygens (including phenoxy) is 1. The highest BCUT2D eigenvalue weighted by Gasteiger charge is 2.25. The lowest BCUT2D eigenvalue weighted by Crippen LogP contribution is -2.38. The number of nitrogens with zero attached hydrogens (tertiary/aromatic N) is 3. The van der Waals surface area contributed by atoms with Crippen molar-refractivity contribution in [3.05, 3.63) is 85.7 Å². The van der Waals surface area contributed by atoms with E-state index < -0.39 is 0 Å². The van der Waals surface area contributed by atoms with Crippen LogP contribution in [0.1, 0.15) is 44.9 Å². The largest absolute Gasteiger partial charge is 0.376 e. The van der Waals surface area contributed by atoms with Crippen LogP contribution in [0.25, 0.3) is 0 Å². The van der Waals surface area contributed by atoms with Gasteiger partial charge in [-0.1, -0.05) is 30.3 Å². The molecule has 7 heteroatoms. The Morgan fingerprint density at radius 3 is 2.71 bits per heavy atom. The van der Waals surface area contributed by atoms with Gasteiger partial charge in [0.1, 0.15) is 5.56 Å². The van der Waals surface area contributed by atoms with E-state index in [0.29, 0.717) is 25.2 Å². The van der Waals surface area contributed by atoms with Crippen LogP contribution in [0.15, 0.2) is 52.9 Å². The van der Waals surface area contributed by atoms with Gasteiger partial charge < -0.3 is 14.2 Å². The molecule has 1 atom stereocenters. The third-order valence-corrected chi connectivity index (χ3v) is 6.61. The number of aromatic nitrogens is 2. The second-order valence-corrected chi connectivity index (χ2v) is 8.91. The summed E-state index contributed by atoms with van der Waals surface area (Å²) in [5, 5.41) is 0. The van der Waals surface area contributed by atoms with Gasteiger partial charge in [0.25, 0.3) is 11.5 Å². The number of thiazole rings is 1. The molecule has 0 spiro atoms. The highest BCUT2D eigenvalue weighted by molar-refractivity contribution is 7.09. The number of carbonyl (C=O) groups excluding carboxylic acids is 1. The Morgan fingerprint density at radius 2 is 2.03 bits per heavy atom. The fraction of sp³-hybridized carbons (Fsp3) is 0.375. The van der Waals surface area contributed by atoms with E-state index in [-0.39, 0.29) is 23.1 Å². The Bertz CT molecular complexity index is 1100. The molecule has 4 rings (SSSR count). The Kier molecular flexibility index (Phi) is 6.63. The van der Waals surface area contributed by atoms with Gasteiger partial charge in [-0.2, -0.15) is 0 Å². The molecule has 3 aromatic rings. The van der Waals surface area contributed by atoms with E-state index in [4.69, 9.17) is 4.74 Å². The predicted molar refractivity (Wildman–Crippen MR) is 121 cm³/mol. The van der Waals surface area contributed by atoms with Crippen LogP contribution in [0.5, 0.6) is 0 Å². The maximum Gasteiger partial charge on any atom is 0.263 e. The van der Waals surface area contributed by atoms with Crippen LogP contribution in [-0.2, 0) is 24.4 Å². The molecule has 1 amide bonds. The van der Waals surface area contributed by atoms with E-state index in [1.54, 1.807) is 21.2 Å². The Labute approximate surface area is 186 Å². The summed E-state index contributed by atoms with van der Waals surface area (Å²) in [7, 11) is 0. The smallest absolute Gasteiger partial charge is 0.263 e. The molecule has 6 nitrogen and oxygen atoms in total. The minimum atomic E-state index is -0.250. The average molecular weight is 438 g/mol. The third-order valence-electron chi connectivity index (χ3n) is 5.69. The van der Waals surface area contributed by atoms with Gasteiger partial charge in [0, 0.05) is 24.2 Å². The molecule has 0 N–H and O–H groups in total. The molecule has 31 heavy (non-hydrogen) atoms. The molecule has 0 bridgehead atoms. The molecule has 2 aromatic heterocycles. The van der Waals surface area contributed by atoms with E-state index in [1.165, 1.54) is 11.3 Å². The van der Waals surface area contributed by atoms with E-state index >= 15 is 0 Å². The van der Waals surface area contributed by atoms with Gasteiger partial charge in [0.15, 0.2) is 0 Å². The SMILES string of the molecule is Cc1ccn(CC2CCCO2)c(=O)c1C(=O)N(Cc1ccccc1)Cc1scnc1C. The first-order chi connectivity index (χ1) is 15.0. The fourth-order valence-electron chi connectivity index (χ4n) is 3.89. The first-order valence-corrected chi connectivity index (χ1v) is 11.4. The van der Waals surface area contributed by atoms with Crippen molar-refractivity contribution in [2.24, 2.45) is 0 Å². The zero-order valence-electron chi connectivity index (χ0n) is 17.9. The minimum Gasteiger partial charge on any atom is -0.376 e. The summed E-state index contributed by atoms with van der Waals surface area (Å²) in [5.41, 5.74) is 4.40. The van der Waals surface area contributed by atoms with E-state index in [0.717, 1.165) is 35.6 Å². The van der Waals surface area contributed by atoms with Gasteiger partial charge in [-0.3, -0.25) is 9.59 Å². The van der Waals surface area contributed by atoms with Crippen molar-refractivity contribution in [2.45, 2.75) is 52.4 Å². The molecule has 1 saturated heterocycles. The first kappa shape index (κ1) is 21.5. The number of hydrogen-bond acceptors (Lipinski definition) is 5. The van der Waals surface area contributed by atoms with Crippen molar-refractivity contribution in [1.82, 2.24) is 14.5 Å². The molecule has 1 aromatic carbocycles. The molecule has 162 valence electrons. The van der Waals surface area contributed by atoms with Crippen LogP contribution >= 0.6 is 11.3 Å². The van der Waals surface area contributed by atoms with E-state index in [9.17, 15) is 9.59 Å². The summed E-state index contributed by atoms with van der Waals surface area (Å²) < 4.78 is 7.31. The molecular weight excluding hydrogens is 410 g/mol. The highest BCUT2D eigenvalue weighted by Crippen LogP contribution is 2.20. The molecule has 1 fully saturated rings. The molecule has 3 heterocycles. The number of rotatable bonds is 7. The zero-order chi connectivity index (χ0) is 21.8. The zero-order valence-corrected chi connectivity index (χ0v) is 18.7. The second kappa shape index (κ2) is 9.58. The van der Waals surface area contributed by atoms with Crippen molar-refractivity contribution < 1.29 is 9.53 Å². The molecular formula is C24H27N3O3S. The van der Waals surface area contributed by atoms with Gasteiger partial charge in [0.2, 0.25) is 0 Å². The number of hydrogen-bond donors (Lipinski definition) is 0. The van der Waals surface area contributed by atoms with Crippen LogP contribution in [0.4, 0.5) is 0 Å². The van der Waals surface area contributed by atoms with Crippen molar-refractivity contribution in [2.75, 3.05) is 6.61 Å². The minimum absolute atomic E-state index is 0.0311. The number of amides is 1. The molecule has 1 aliphatic heterocycles. The number of pyridine rings is 1. The summed E-state index contributed by atoms with van der Waals surface area (Å²) in [6, 6.07) is 11.7. The van der Waals surface area contributed by atoms with Crippen LogP contribution < -0.4 is 5.56 Å². The summed E-state index contributed by atoms with van der Waals surface area (Å²) >= 11 is 1.53. The van der Waals surface area contributed by atoms with Crippen LogP contribution in [0.2, 0.25) is 0 Å². The van der Waals surface area contributed by atoms with Crippen molar-refractivity contribution >= 4 is 17.2 Å². The van der Waals surface area contributed by atoms with Crippen LogP contribution in [0, 0.1) is 13.8 Å². The van der Waals surface area contributed by atoms with Gasteiger partial charge in [-0.25, -0.2) is 4.98 Å². The topological polar surface area (TPSA) is 64.4 Å². The molecule has 0 aliphatic carbocycles. The number of aryl methyl sites for hydroxylation is 2. The Balaban J connectivity index is 1.66. The quantitative estimate of drug-likeness (QED) is 0.562. The monoisotopic (exact) mass is 437 g/mol. The lowest BCUT2D eigenvalue weighted by molar-refractivity contribution is 0.0725. The Hall–Kier alpha value is -2.77. The van der Waals surface area contributed by atoms with E-state index in [2.05, 4.69) is 4.98 Å². The first-order valence-electron chi connectivity index (χ1n) is 10.6. The lowest BCUT2D eigenvalue weighted by atomic mass is 10.1. The van der Waals surface area contributed by atoms with Gasteiger partial charge in [-0.05, 0) is 43.9 Å². The summed E-state index contributed by atoms with van der Waals surface area (Å²) in [4.78, 5) is 34.1. The molecule has 1 unspecified atom stereocenters. The van der Waals surface area contributed by atoms with Gasteiger partial charge in [0.05, 0.1) is 30.4 Å². The van der Waals surface area contributed by atoms with Gasteiger partial charge >= 0.3 is 0 Å². The Morgan fingerprint density at radius 1 is 1.23 bits per heavy atom. The van der Waals surface area contributed by atoms with Crippen LogP contribution in [0.3, 0.4) is 0 Å². The fourth-order valence-corrected chi connectivity index (χ4v) is 4.68. The van der Waals surface area contributed by atoms with Crippen molar-refractivity contribution in [1.29, 1.82) is 0 Å². The maximum atomic E-state index is 13.7. The summed E-state index contributed by atoms with van der Waals surface area (Å²) in [6.07, 6.45) is 3.75. The number of benzene rings is 1. The highest BCUT2D eigenvalue weighted by atomic mass is 32.1. The summed E-state index contributed by atoms with van der Waals surface area (Å²) in [5.74, 6) is -0.249. The number of carbonyl (C=O) groups is 1. The average Bonchev–Trinajstić information content (AvgIpc) is 3.42. The molecule has 0 radical (unpaired) electrons. The molecule has 1 aliphatic rings. The van der Waals surface area contributed by atoms with Crippen molar-refractivity contribution in [3.8, 4) is 0 Å². The van der Waals surface area contributed by atoms with Crippen LogP contribution in [-0.4, -0.2) is 33.1 Å². The second-order valence-electron chi connectivity index (χ2n) is 7.97. The summed E-state index contributed by atoms with van der Waals surface area (Å²) in [6.45, 7) is 5.82. The van der Waals surface area contributed by atoms with Gasteiger partial charge in [-0.15, -0.1) is 11.3 Å². The van der Waals surface area contributed by atoms with Crippen molar-refractivity contribution in [3.63, 3.8) is 0 Å². The lowest BCUT2D eigenvalue weighted by Gasteiger charge is -2.24. The normalized spacial score (nSPS) is 15.9. The maximum absolute atomic E-state index is 13.7. The predicted octanol–water partition coefficient (Wildman–Crippen LogP) is 3.94. The molecule has 0 saturated carbocycles.